The molecule has 0 spiro atoms. The Hall–Kier alpha value is -1.75. The zero-order valence-electron chi connectivity index (χ0n) is 11.7. The SMILES string of the molecule is CCCNC(=O)NC(=O)COc1ccc(Cl)c(CC)c1. The molecular weight excluding hydrogens is 280 g/mol. The van der Waals surface area contributed by atoms with Crippen molar-refractivity contribution >= 4 is 23.5 Å². The van der Waals surface area contributed by atoms with Gasteiger partial charge in [-0.3, -0.25) is 10.1 Å². The highest BCUT2D eigenvalue weighted by molar-refractivity contribution is 6.31. The first-order valence-corrected chi connectivity index (χ1v) is 6.93. The summed E-state index contributed by atoms with van der Waals surface area (Å²) in [6.07, 6.45) is 1.59. The van der Waals surface area contributed by atoms with Crippen molar-refractivity contribution in [2.45, 2.75) is 26.7 Å². The largest absolute Gasteiger partial charge is 0.484 e. The molecule has 0 aromatic heterocycles. The Labute approximate surface area is 123 Å². The number of carbonyl (C=O) groups is 2. The van der Waals surface area contributed by atoms with Crippen LogP contribution in [0.4, 0.5) is 4.79 Å². The van der Waals surface area contributed by atoms with Crippen molar-refractivity contribution in [3.8, 4) is 5.75 Å². The van der Waals surface area contributed by atoms with E-state index in [0.29, 0.717) is 17.3 Å². The summed E-state index contributed by atoms with van der Waals surface area (Å²) in [6, 6.07) is 4.69. The van der Waals surface area contributed by atoms with Crippen molar-refractivity contribution in [1.29, 1.82) is 0 Å². The topological polar surface area (TPSA) is 67.4 Å². The number of aryl methyl sites for hydroxylation is 1. The summed E-state index contributed by atoms with van der Waals surface area (Å²) in [4.78, 5) is 22.7. The van der Waals surface area contributed by atoms with Gasteiger partial charge in [0.2, 0.25) is 0 Å². The van der Waals surface area contributed by atoms with Crippen LogP contribution in [0, 0.1) is 0 Å². The van der Waals surface area contributed by atoms with E-state index in [4.69, 9.17) is 16.3 Å². The molecular formula is C14H19ClN2O3. The average Bonchev–Trinajstić information content (AvgIpc) is 2.44. The second-order valence-electron chi connectivity index (χ2n) is 4.20. The molecule has 0 saturated heterocycles. The van der Waals surface area contributed by atoms with Crippen LogP contribution in [0.15, 0.2) is 18.2 Å². The normalized spacial score (nSPS) is 9.95. The molecule has 0 radical (unpaired) electrons. The van der Waals surface area contributed by atoms with Crippen molar-refractivity contribution in [3.05, 3.63) is 28.8 Å². The predicted octanol–water partition coefficient (Wildman–Crippen LogP) is 2.52. The molecule has 0 bridgehead atoms. The average molecular weight is 299 g/mol. The van der Waals surface area contributed by atoms with Gasteiger partial charge in [0.15, 0.2) is 6.61 Å². The minimum absolute atomic E-state index is 0.218. The molecule has 5 nitrogen and oxygen atoms in total. The van der Waals surface area contributed by atoms with E-state index in [1.165, 1.54) is 0 Å². The fourth-order valence-electron chi connectivity index (χ4n) is 1.51. The van der Waals surface area contributed by atoms with Crippen LogP contribution >= 0.6 is 11.6 Å². The smallest absolute Gasteiger partial charge is 0.321 e. The van der Waals surface area contributed by atoms with Gasteiger partial charge in [0.05, 0.1) is 0 Å². The minimum Gasteiger partial charge on any atom is -0.484 e. The first-order valence-electron chi connectivity index (χ1n) is 6.55. The van der Waals surface area contributed by atoms with Gasteiger partial charge in [-0.25, -0.2) is 4.79 Å². The van der Waals surface area contributed by atoms with E-state index in [0.717, 1.165) is 18.4 Å². The number of halogens is 1. The van der Waals surface area contributed by atoms with Crippen LogP contribution in [0.5, 0.6) is 5.75 Å². The fourth-order valence-corrected chi connectivity index (χ4v) is 1.76. The summed E-state index contributed by atoms with van der Waals surface area (Å²) in [5.74, 6) is 0.0574. The summed E-state index contributed by atoms with van der Waals surface area (Å²) >= 11 is 5.99. The Kier molecular flexibility index (Phi) is 6.87. The monoisotopic (exact) mass is 298 g/mol. The Balaban J connectivity index is 2.43. The molecule has 6 heteroatoms. The highest BCUT2D eigenvalue weighted by Crippen LogP contribution is 2.22. The minimum atomic E-state index is -0.509. The molecule has 1 aromatic rings. The number of ether oxygens (including phenoxy) is 1. The van der Waals surface area contributed by atoms with Gasteiger partial charge in [-0.1, -0.05) is 25.4 Å². The maximum Gasteiger partial charge on any atom is 0.321 e. The molecule has 1 rings (SSSR count). The quantitative estimate of drug-likeness (QED) is 0.848. The molecule has 2 N–H and O–H groups in total. The summed E-state index contributed by atoms with van der Waals surface area (Å²) in [6.45, 7) is 4.22. The molecule has 0 aliphatic heterocycles. The van der Waals surface area contributed by atoms with Gasteiger partial charge in [-0.05, 0) is 36.6 Å². The molecule has 0 saturated carbocycles. The van der Waals surface area contributed by atoms with Crippen LogP contribution in [0.2, 0.25) is 5.02 Å². The number of imide groups is 1. The van der Waals surface area contributed by atoms with Gasteiger partial charge in [-0.15, -0.1) is 0 Å². The molecule has 1 aromatic carbocycles. The first kappa shape index (κ1) is 16.3. The zero-order chi connectivity index (χ0) is 15.0. The maximum absolute atomic E-state index is 11.5. The number of amides is 3. The van der Waals surface area contributed by atoms with Crippen LogP contribution < -0.4 is 15.4 Å². The molecule has 0 atom stereocenters. The molecule has 20 heavy (non-hydrogen) atoms. The first-order chi connectivity index (χ1) is 9.56. The van der Waals surface area contributed by atoms with Gasteiger partial charge >= 0.3 is 6.03 Å². The lowest BCUT2D eigenvalue weighted by atomic mass is 10.1. The number of hydrogen-bond donors (Lipinski definition) is 2. The third-order valence-corrected chi connectivity index (χ3v) is 2.93. The van der Waals surface area contributed by atoms with Crippen LogP contribution in [0.25, 0.3) is 0 Å². The number of benzene rings is 1. The molecule has 0 aliphatic rings. The Morgan fingerprint density at radius 3 is 2.70 bits per heavy atom. The van der Waals surface area contributed by atoms with Crippen molar-refractivity contribution in [3.63, 3.8) is 0 Å². The number of urea groups is 1. The third kappa shape index (κ3) is 5.48. The third-order valence-electron chi connectivity index (χ3n) is 2.56. The summed E-state index contributed by atoms with van der Waals surface area (Å²) in [5, 5.41) is 5.40. The Morgan fingerprint density at radius 2 is 2.05 bits per heavy atom. The lowest BCUT2D eigenvalue weighted by molar-refractivity contribution is -0.122. The van der Waals surface area contributed by atoms with E-state index < -0.39 is 11.9 Å². The van der Waals surface area contributed by atoms with Crippen molar-refractivity contribution < 1.29 is 14.3 Å². The Bertz CT molecular complexity index is 477. The number of hydrogen-bond acceptors (Lipinski definition) is 3. The van der Waals surface area contributed by atoms with Gasteiger partial charge < -0.3 is 10.1 Å². The van der Waals surface area contributed by atoms with Crippen LogP contribution in [0.1, 0.15) is 25.8 Å². The second-order valence-corrected chi connectivity index (χ2v) is 4.61. The van der Waals surface area contributed by atoms with E-state index in [1.54, 1.807) is 18.2 Å². The van der Waals surface area contributed by atoms with Crippen LogP contribution in [-0.2, 0) is 11.2 Å². The van der Waals surface area contributed by atoms with Crippen molar-refractivity contribution in [2.75, 3.05) is 13.2 Å². The number of carbonyl (C=O) groups excluding carboxylic acids is 2. The standard InChI is InChI=1S/C14H19ClN2O3/c1-3-7-16-14(19)17-13(18)9-20-11-5-6-12(15)10(4-2)8-11/h5-6,8H,3-4,7,9H2,1-2H3,(H2,16,17,18,19). The van der Waals surface area contributed by atoms with E-state index in [1.807, 2.05) is 13.8 Å². The lowest BCUT2D eigenvalue weighted by Gasteiger charge is -2.09. The molecule has 0 fully saturated rings. The van der Waals surface area contributed by atoms with Crippen molar-refractivity contribution in [2.24, 2.45) is 0 Å². The zero-order valence-corrected chi connectivity index (χ0v) is 12.4. The van der Waals surface area contributed by atoms with Crippen LogP contribution in [-0.4, -0.2) is 25.1 Å². The fraction of sp³-hybridized carbons (Fsp3) is 0.429. The Morgan fingerprint density at radius 1 is 1.30 bits per heavy atom. The van der Waals surface area contributed by atoms with Gasteiger partial charge in [0.25, 0.3) is 5.91 Å². The number of rotatable bonds is 6. The summed E-state index contributed by atoms with van der Waals surface area (Å²) < 4.78 is 5.32. The van der Waals surface area contributed by atoms with E-state index in [9.17, 15) is 9.59 Å². The van der Waals surface area contributed by atoms with Crippen molar-refractivity contribution in [1.82, 2.24) is 10.6 Å². The van der Waals surface area contributed by atoms with Gasteiger partial charge in [0, 0.05) is 11.6 Å². The summed E-state index contributed by atoms with van der Waals surface area (Å²) in [7, 11) is 0. The van der Waals surface area contributed by atoms with E-state index >= 15 is 0 Å². The predicted molar refractivity (Wildman–Crippen MR) is 78.2 cm³/mol. The maximum atomic E-state index is 11.5. The lowest BCUT2D eigenvalue weighted by Crippen LogP contribution is -2.41. The highest BCUT2D eigenvalue weighted by atomic mass is 35.5. The number of nitrogens with one attached hydrogen (secondary N) is 2. The molecule has 110 valence electrons. The molecule has 3 amide bonds. The van der Waals surface area contributed by atoms with Gasteiger partial charge in [-0.2, -0.15) is 0 Å². The molecule has 0 unspecified atom stereocenters. The summed E-state index contributed by atoms with van der Waals surface area (Å²) in [5.41, 5.74) is 0.949. The van der Waals surface area contributed by atoms with Crippen LogP contribution in [0.3, 0.4) is 0 Å². The van der Waals surface area contributed by atoms with Gasteiger partial charge in [0.1, 0.15) is 5.75 Å². The highest BCUT2D eigenvalue weighted by Gasteiger charge is 2.08. The van der Waals surface area contributed by atoms with E-state index in [-0.39, 0.29) is 6.61 Å². The second kappa shape index (κ2) is 8.43. The molecule has 0 aliphatic carbocycles. The van der Waals surface area contributed by atoms with E-state index in [2.05, 4.69) is 10.6 Å². The molecule has 0 heterocycles.